The first-order valence-corrected chi connectivity index (χ1v) is 4.85. The van der Waals surface area contributed by atoms with Gasteiger partial charge >= 0.3 is 5.97 Å². The predicted molar refractivity (Wildman–Crippen MR) is 59.3 cm³/mol. The average molecular weight is 297 g/mol. The largest absolute Gasteiger partial charge is 0.481 e. The van der Waals surface area contributed by atoms with Crippen LogP contribution in [0, 0.1) is 6.92 Å². The summed E-state index contributed by atoms with van der Waals surface area (Å²) in [5, 5.41) is 8.56. The first kappa shape index (κ1) is 15.5. The Balaban J connectivity index is 0.00000225. The standard InChI is InChI=1S/C11H16N2O2.Y/c1-8-6-9(4-5-10(14)15)7-12-11(8)13(2)3;/h6-7H,4-5H2,1-3H3,(H,14,15);. The maximum Gasteiger partial charge on any atom is 0.303 e. The van der Waals surface area contributed by atoms with E-state index in [9.17, 15) is 4.79 Å². The molecule has 0 atom stereocenters. The minimum Gasteiger partial charge on any atom is -0.481 e. The van der Waals surface area contributed by atoms with E-state index < -0.39 is 5.97 Å². The van der Waals surface area contributed by atoms with Crippen LogP contribution in [-0.4, -0.2) is 30.2 Å². The molecule has 0 aromatic carbocycles. The van der Waals surface area contributed by atoms with Crippen molar-refractivity contribution in [1.29, 1.82) is 0 Å². The molecule has 0 spiro atoms. The van der Waals surface area contributed by atoms with Gasteiger partial charge in [0.05, 0.1) is 0 Å². The van der Waals surface area contributed by atoms with Gasteiger partial charge < -0.3 is 10.0 Å². The van der Waals surface area contributed by atoms with Gasteiger partial charge in [-0.05, 0) is 24.5 Å². The Morgan fingerprint density at radius 2 is 2.12 bits per heavy atom. The first-order chi connectivity index (χ1) is 7.00. The van der Waals surface area contributed by atoms with Crippen molar-refractivity contribution in [2.24, 2.45) is 0 Å². The summed E-state index contributed by atoms with van der Waals surface area (Å²) in [4.78, 5) is 16.6. The Morgan fingerprint density at radius 3 is 2.56 bits per heavy atom. The third-order valence-corrected chi connectivity index (χ3v) is 2.16. The van der Waals surface area contributed by atoms with E-state index >= 15 is 0 Å². The van der Waals surface area contributed by atoms with E-state index in [1.165, 1.54) is 0 Å². The molecule has 1 aromatic heterocycles. The third-order valence-electron chi connectivity index (χ3n) is 2.16. The van der Waals surface area contributed by atoms with E-state index in [1.807, 2.05) is 32.0 Å². The molecule has 1 N–H and O–H groups in total. The second-order valence-corrected chi connectivity index (χ2v) is 3.77. The molecule has 0 unspecified atom stereocenters. The molecule has 5 heteroatoms. The Morgan fingerprint density at radius 1 is 1.50 bits per heavy atom. The van der Waals surface area contributed by atoms with Crippen molar-refractivity contribution < 1.29 is 42.6 Å². The van der Waals surface area contributed by atoms with Gasteiger partial charge in [-0.15, -0.1) is 0 Å². The third kappa shape index (κ3) is 4.58. The Kier molecular flexibility index (Phi) is 6.76. The Labute approximate surface area is 121 Å². The van der Waals surface area contributed by atoms with Crippen LogP contribution >= 0.6 is 0 Å². The number of aliphatic carboxylic acids is 1. The fourth-order valence-electron chi connectivity index (χ4n) is 1.48. The quantitative estimate of drug-likeness (QED) is 0.914. The first-order valence-electron chi connectivity index (χ1n) is 4.85. The molecule has 1 radical (unpaired) electrons. The van der Waals surface area contributed by atoms with Crippen LogP contribution in [0.15, 0.2) is 12.3 Å². The minimum atomic E-state index is -0.774. The molecule has 1 rings (SSSR count). The molecule has 0 bridgehead atoms. The van der Waals surface area contributed by atoms with Crippen LogP contribution in [0.3, 0.4) is 0 Å². The summed E-state index contributed by atoms with van der Waals surface area (Å²) in [5.74, 6) is 0.151. The van der Waals surface area contributed by atoms with Gasteiger partial charge in [-0.3, -0.25) is 4.79 Å². The number of anilines is 1. The smallest absolute Gasteiger partial charge is 0.303 e. The minimum absolute atomic E-state index is 0. The number of hydrogen-bond acceptors (Lipinski definition) is 3. The van der Waals surface area contributed by atoms with Gasteiger partial charge in [-0.2, -0.15) is 0 Å². The van der Waals surface area contributed by atoms with Crippen molar-refractivity contribution in [3.8, 4) is 0 Å². The molecular weight excluding hydrogens is 281 g/mol. The van der Waals surface area contributed by atoms with Crippen molar-refractivity contribution in [3.05, 3.63) is 23.4 Å². The molecule has 0 aliphatic rings. The van der Waals surface area contributed by atoms with Crippen LogP contribution in [0.2, 0.25) is 0 Å². The van der Waals surface area contributed by atoms with E-state index in [4.69, 9.17) is 5.11 Å². The van der Waals surface area contributed by atoms with E-state index in [-0.39, 0.29) is 39.1 Å². The van der Waals surface area contributed by atoms with Crippen LogP contribution in [-0.2, 0) is 43.9 Å². The van der Waals surface area contributed by atoms with Crippen molar-refractivity contribution in [3.63, 3.8) is 0 Å². The predicted octanol–water partition coefficient (Wildman–Crippen LogP) is 1.47. The van der Waals surface area contributed by atoms with Crippen LogP contribution < -0.4 is 4.90 Å². The normalized spacial score (nSPS) is 9.44. The summed E-state index contributed by atoms with van der Waals surface area (Å²) in [6, 6.07) is 1.99. The number of aromatic nitrogens is 1. The summed E-state index contributed by atoms with van der Waals surface area (Å²) in [6.45, 7) is 1.98. The van der Waals surface area contributed by atoms with Gasteiger partial charge in [0.25, 0.3) is 0 Å². The molecule has 85 valence electrons. The SMILES string of the molecule is Cc1cc(CCC(=O)O)cnc1N(C)C.[Y]. The van der Waals surface area contributed by atoms with E-state index in [1.54, 1.807) is 6.20 Å². The van der Waals surface area contributed by atoms with Crippen molar-refractivity contribution in [2.75, 3.05) is 19.0 Å². The summed E-state index contributed by atoms with van der Waals surface area (Å²) in [6.07, 6.45) is 2.44. The van der Waals surface area contributed by atoms with Gasteiger partial charge in [0.2, 0.25) is 0 Å². The molecule has 0 aliphatic carbocycles. The van der Waals surface area contributed by atoms with Crippen molar-refractivity contribution in [1.82, 2.24) is 4.98 Å². The molecule has 1 aromatic rings. The Bertz CT molecular complexity index is 367. The molecule has 0 saturated heterocycles. The number of nitrogens with zero attached hydrogens (tertiary/aromatic N) is 2. The number of rotatable bonds is 4. The zero-order chi connectivity index (χ0) is 11.4. The van der Waals surface area contributed by atoms with Crippen molar-refractivity contribution in [2.45, 2.75) is 19.8 Å². The van der Waals surface area contributed by atoms with Gasteiger partial charge in [0.15, 0.2) is 0 Å². The molecule has 4 nitrogen and oxygen atoms in total. The molecule has 0 amide bonds. The van der Waals surface area contributed by atoms with Crippen molar-refractivity contribution >= 4 is 11.8 Å². The van der Waals surface area contributed by atoms with E-state index in [0.29, 0.717) is 6.42 Å². The van der Waals surface area contributed by atoms with Gasteiger partial charge in [-0.25, -0.2) is 4.98 Å². The summed E-state index contributed by atoms with van der Waals surface area (Å²) in [7, 11) is 3.87. The second kappa shape index (κ2) is 6.97. The zero-order valence-corrected chi connectivity index (χ0v) is 12.7. The topological polar surface area (TPSA) is 53.4 Å². The average Bonchev–Trinajstić information content (AvgIpc) is 2.14. The molecule has 0 saturated carbocycles. The van der Waals surface area contributed by atoms with Gasteiger partial charge in [0, 0.05) is 59.4 Å². The van der Waals surface area contributed by atoms with E-state index in [0.717, 1.165) is 16.9 Å². The van der Waals surface area contributed by atoms with Crippen LogP contribution in [0.25, 0.3) is 0 Å². The summed E-state index contributed by atoms with van der Waals surface area (Å²) in [5.41, 5.74) is 2.04. The number of carboxylic acids is 1. The van der Waals surface area contributed by atoms with Gasteiger partial charge in [-0.1, -0.05) is 6.07 Å². The zero-order valence-electron chi connectivity index (χ0n) is 9.90. The summed E-state index contributed by atoms with van der Waals surface area (Å²) < 4.78 is 0. The molecular formula is C11H16N2O2Y. The monoisotopic (exact) mass is 297 g/mol. The number of carboxylic acid groups (broad SMARTS) is 1. The number of pyridine rings is 1. The molecule has 0 fully saturated rings. The second-order valence-electron chi connectivity index (χ2n) is 3.77. The molecule has 16 heavy (non-hydrogen) atoms. The maximum absolute atomic E-state index is 10.4. The number of carbonyl (C=O) groups is 1. The number of aryl methyl sites for hydroxylation is 2. The molecule has 1 heterocycles. The molecule has 0 aliphatic heterocycles. The maximum atomic E-state index is 10.4. The van der Waals surface area contributed by atoms with Crippen LogP contribution in [0.4, 0.5) is 5.82 Å². The van der Waals surface area contributed by atoms with Crippen LogP contribution in [0.5, 0.6) is 0 Å². The fourth-order valence-corrected chi connectivity index (χ4v) is 1.48. The van der Waals surface area contributed by atoms with Crippen LogP contribution in [0.1, 0.15) is 17.5 Å². The number of hydrogen-bond donors (Lipinski definition) is 1. The summed E-state index contributed by atoms with van der Waals surface area (Å²) >= 11 is 0. The van der Waals surface area contributed by atoms with Gasteiger partial charge in [0.1, 0.15) is 5.82 Å². The van der Waals surface area contributed by atoms with E-state index in [2.05, 4.69) is 4.98 Å². The fraction of sp³-hybridized carbons (Fsp3) is 0.455. The Hall–Kier alpha value is -0.476.